The molecule has 1 fully saturated rings. The first kappa shape index (κ1) is 19.1. The highest BCUT2D eigenvalue weighted by Crippen LogP contribution is 2.20. The normalized spacial score (nSPS) is 18.1. The molecule has 1 aromatic carbocycles. The summed E-state index contributed by atoms with van der Waals surface area (Å²) in [6, 6.07) is 7.04. The quantitative estimate of drug-likeness (QED) is 0.803. The third-order valence-electron chi connectivity index (χ3n) is 4.48. The van der Waals surface area contributed by atoms with Gasteiger partial charge in [0.2, 0.25) is 0 Å². The van der Waals surface area contributed by atoms with Crippen molar-refractivity contribution in [3.63, 3.8) is 0 Å². The van der Waals surface area contributed by atoms with Crippen LogP contribution in [-0.2, 0) is 9.84 Å². The summed E-state index contributed by atoms with van der Waals surface area (Å²) in [5.41, 5.74) is 1.01. The number of hydrogen-bond donors (Lipinski definition) is 1. The van der Waals surface area contributed by atoms with Gasteiger partial charge < -0.3 is 15.0 Å². The number of amides is 1. The Bertz CT molecular complexity index is 898. The first-order valence-electron chi connectivity index (χ1n) is 8.66. The predicted molar refractivity (Wildman–Crippen MR) is 102 cm³/mol. The van der Waals surface area contributed by atoms with Crippen molar-refractivity contribution < 1.29 is 17.9 Å². The lowest BCUT2D eigenvalue weighted by molar-refractivity contribution is 0.0702. The van der Waals surface area contributed by atoms with Crippen LogP contribution in [0.1, 0.15) is 23.8 Å². The van der Waals surface area contributed by atoms with Gasteiger partial charge in [-0.25, -0.2) is 18.4 Å². The number of hydrogen-bond acceptors (Lipinski definition) is 7. The molecule has 0 spiro atoms. The van der Waals surface area contributed by atoms with E-state index in [-0.39, 0.29) is 29.1 Å². The molecule has 1 aliphatic rings. The Labute approximate surface area is 158 Å². The molecule has 0 aliphatic carbocycles. The average molecular weight is 390 g/mol. The molecule has 1 N–H and O–H groups in total. The minimum absolute atomic E-state index is 0.0110. The number of sulfone groups is 1. The van der Waals surface area contributed by atoms with E-state index in [9.17, 15) is 13.2 Å². The Morgan fingerprint density at radius 2 is 2.00 bits per heavy atom. The molecule has 1 aliphatic heterocycles. The van der Waals surface area contributed by atoms with E-state index in [1.54, 1.807) is 12.0 Å². The van der Waals surface area contributed by atoms with E-state index in [1.165, 1.54) is 12.4 Å². The molecule has 9 heteroatoms. The molecular weight excluding hydrogens is 368 g/mol. The van der Waals surface area contributed by atoms with Gasteiger partial charge in [0.1, 0.15) is 17.3 Å². The minimum atomic E-state index is -3.06. The molecule has 1 aromatic heterocycles. The van der Waals surface area contributed by atoms with Gasteiger partial charge in [0, 0.05) is 18.3 Å². The third-order valence-corrected chi connectivity index (χ3v) is 6.23. The first-order valence-corrected chi connectivity index (χ1v) is 10.5. The summed E-state index contributed by atoms with van der Waals surface area (Å²) in [5.74, 6) is 1.09. The third kappa shape index (κ3) is 4.54. The van der Waals surface area contributed by atoms with Gasteiger partial charge in [0.15, 0.2) is 9.84 Å². The van der Waals surface area contributed by atoms with Crippen molar-refractivity contribution in [2.75, 3.05) is 30.5 Å². The van der Waals surface area contributed by atoms with Crippen LogP contribution in [0.25, 0.3) is 0 Å². The van der Waals surface area contributed by atoms with Crippen molar-refractivity contribution in [1.82, 2.24) is 14.9 Å². The van der Waals surface area contributed by atoms with Crippen LogP contribution in [-0.4, -0.2) is 60.4 Å². The van der Waals surface area contributed by atoms with E-state index in [1.807, 2.05) is 31.2 Å². The number of nitrogens with zero attached hydrogens (tertiary/aromatic N) is 3. The molecule has 8 nitrogen and oxygen atoms in total. The number of carbonyl (C=O) groups is 1. The zero-order valence-corrected chi connectivity index (χ0v) is 16.1. The number of methoxy groups -OCH3 is 1. The molecule has 0 saturated carbocycles. The molecule has 0 bridgehead atoms. The van der Waals surface area contributed by atoms with E-state index >= 15 is 0 Å². The molecule has 3 rings (SSSR count). The summed E-state index contributed by atoms with van der Waals surface area (Å²) in [5, 5.41) is 3.10. The van der Waals surface area contributed by atoms with E-state index in [0.29, 0.717) is 18.8 Å². The molecule has 1 amide bonds. The number of ether oxygens (including phenoxy) is 1. The smallest absolute Gasteiger partial charge is 0.274 e. The number of rotatable bonds is 6. The molecule has 1 atom stereocenters. The van der Waals surface area contributed by atoms with Gasteiger partial charge in [-0.05, 0) is 37.6 Å². The van der Waals surface area contributed by atoms with Crippen LogP contribution in [0, 0.1) is 0 Å². The fourth-order valence-corrected chi connectivity index (χ4v) is 4.79. The molecule has 144 valence electrons. The largest absolute Gasteiger partial charge is 0.497 e. The number of anilines is 2. The van der Waals surface area contributed by atoms with Gasteiger partial charge >= 0.3 is 0 Å². The molecule has 1 unspecified atom stereocenters. The summed E-state index contributed by atoms with van der Waals surface area (Å²) in [6.07, 6.45) is 3.35. The van der Waals surface area contributed by atoms with E-state index in [2.05, 4.69) is 15.3 Å². The van der Waals surface area contributed by atoms with Gasteiger partial charge in [-0.2, -0.15) is 0 Å². The van der Waals surface area contributed by atoms with Crippen molar-refractivity contribution in [2.24, 2.45) is 0 Å². The second kappa shape index (κ2) is 7.91. The van der Waals surface area contributed by atoms with Gasteiger partial charge in [0.05, 0.1) is 31.0 Å². The number of aromatic nitrogens is 2. The maximum absolute atomic E-state index is 12.7. The Morgan fingerprint density at radius 3 is 2.52 bits per heavy atom. The molecule has 2 heterocycles. The van der Waals surface area contributed by atoms with Crippen molar-refractivity contribution >= 4 is 27.2 Å². The minimum Gasteiger partial charge on any atom is -0.497 e. The van der Waals surface area contributed by atoms with Gasteiger partial charge in [-0.3, -0.25) is 4.79 Å². The highest BCUT2D eigenvalue weighted by Gasteiger charge is 2.34. The summed E-state index contributed by atoms with van der Waals surface area (Å²) in [4.78, 5) is 22.7. The van der Waals surface area contributed by atoms with Crippen LogP contribution in [0.2, 0.25) is 0 Å². The van der Waals surface area contributed by atoms with Crippen molar-refractivity contribution in [3.8, 4) is 5.75 Å². The van der Waals surface area contributed by atoms with E-state index in [4.69, 9.17) is 4.74 Å². The van der Waals surface area contributed by atoms with Crippen molar-refractivity contribution in [1.29, 1.82) is 0 Å². The molecule has 0 radical (unpaired) electrons. The summed E-state index contributed by atoms with van der Waals surface area (Å²) >= 11 is 0. The Balaban J connectivity index is 1.69. The monoisotopic (exact) mass is 390 g/mol. The Kier molecular flexibility index (Phi) is 5.59. The summed E-state index contributed by atoms with van der Waals surface area (Å²) < 4.78 is 28.5. The summed E-state index contributed by atoms with van der Waals surface area (Å²) in [6.45, 7) is 2.25. The van der Waals surface area contributed by atoms with Crippen molar-refractivity contribution in [3.05, 3.63) is 42.4 Å². The van der Waals surface area contributed by atoms with Gasteiger partial charge in [-0.15, -0.1) is 0 Å². The summed E-state index contributed by atoms with van der Waals surface area (Å²) in [7, 11) is -1.46. The zero-order chi connectivity index (χ0) is 19.4. The molecule has 27 heavy (non-hydrogen) atoms. The highest BCUT2D eigenvalue weighted by molar-refractivity contribution is 7.91. The second-order valence-corrected chi connectivity index (χ2v) is 8.52. The second-order valence-electron chi connectivity index (χ2n) is 6.29. The number of nitrogens with one attached hydrogen (secondary N) is 1. The van der Waals surface area contributed by atoms with Crippen LogP contribution in [0.5, 0.6) is 5.75 Å². The Morgan fingerprint density at radius 1 is 1.26 bits per heavy atom. The SMILES string of the molecule is CCN(C(=O)c1cnc(Nc2ccc(OC)cc2)cn1)C1CCS(=O)(=O)C1. The van der Waals surface area contributed by atoms with Gasteiger partial charge in [0.25, 0.3) is 5.91 Å². The van der Waals surface area contributed by atoms with Gasteiger partial charge in [-0.1, -0.05) is 0 Å². The van der Waals surface area contributed by atoms with Crippen LogP contribution >= 0.6 is 0 Å². The van der Waals surface area contributed by atoms with E-state index < -0.39 is 9.84 Å². The highest BCUT2D eigenvalue weighted by atomic mass is 32.2. The maximum atomic E-state index is 12.7. The standard InChI is InChI=1S/C18H22N4O4S/c1-3-22(14-8-9-27(24,25)12-14)18(23)16-10-20-17(11-19-16)21-13-4-6-15(26-2)7-5-13/h4-7,10-11,14H,3,8-9,12H2,1-2H3,(H,20,21). The van der Waals surface area contributed by atoms with Crippen molar-refractivity contribution in [2.45, 2.75) is 19.4 Å². The van der Waals surface area contributed by atoms with E-state index in [0.717, 1.165) is 11.4 Å². The number of carbonyl (C=O) groups excluding carboxylic acids is 1. The van der Waals surface area contributed by atoms with Crippen LogP contribution in [0.4, 0.5) is 11.5 Å². The predicted octanol–water partition coefficient (Wildman–Crippen LogP) is 1.88. The zero-order valence-electron chi connectivity index (χ0n) is 15.3. The van der Waals surface area contributed by atoms with Crippen LogP contribution in [0.3, 0.4) is 0 Å². The topological polar surface area (TPSA) is 101 Å². The lowest BCUT2D eigenvalue weighted by Gasteiger charge is -2.26. The Hall–Kier alpha value is -2.68. The lowest BCUT2D eigenvalue weighted by Crippen LogP contribution is -2.41. The fourth-order valence-electron chi connectivity index (χ4n) is 3.06. The molecular formula is C18H22N4O4S. The molecule has 2 aromatic rings. The van der Waals surface area contributed by atoms with Crippen LogP contribution < -0.4 is 10.1 Å². The number of benzene rings is 1. The first-order chi connectivity index (χ1) is 12.9. The maximum Gasteiger partial charge on any atom is 0.274 e. The van der Waals surface area contributed by atoms with Crippen LogP contribution in [0.15, 0.2) is 36.7 Å². The lowest BCUT2D eigenvalue weighted by atomic mass is 10.2. The fraction of sp³-hybridized carbons (Fsp3) is 0.389. The average Bonchev–Trinajstić information content (AvgIpc) is 3.03. The molecule has 1 saturated heterocycles.